The molecule has 14 heavy (non-hydrogen) atoms. The Morgan fingerprint density at radius 1 is 1.43 bits per heavy atom. The number of carbonyl (C=O) groups excluding carboxylic acids is 1. The van der Waals surface area contributed by atoms with E-state index in [2.05, 4.69) is 0 Å². The Balaban J connectivity index is 2.44. The van der Waals surface area contributed by atoms with Crippen molar-refractivity contribution in [1.29, 1.82) is 0 Å². The lowest BCUT2D eigenvalue weighted by molar-refractivity contribution is 0.0988. The van der Waals surface area contributed by atoms with Gasteiger partial charge in [-0.05, 0) is 18.4 Å². The maximum atomic E-state index is 11.5. The number of aliphatic hydroxyl groups is 1. The molecule has 0 spiro atoms. The first kappa shape index (κ1) is 9.37. The number of hydrogen-bond donors (Lipinski definition) is 2. The second-order valence-corrected chi connectivity index (χ2v) is 3.70. The highest BCUT2D eigenvalue weighted by atomic mass is 16.3. The lowest BCUT2D eigenvalue weighted by Crippen LogP contribution is -2.18. The summed E-state index contributed by atoms with van der Waals surface area (Å²) in [5.41, 5.74) is 5.84. The highest BCUT2D eigenvalue weighted by Crippen LogP contribution is 2.46. The Kier molecular flexibility index (Phi) is 2.13. The van der Waals surface area contributed by atoms with E-state index in [1.807, 2.05) is 6.07 Å². The van der Waals surface area contributed by atoms with Crippen LogP contribution < -0.4 is 5.73 Å². The minimum atomic E-state index is -0.762. The molecule has 1 fully saturated rings. The van der Waals surface area contributed by atoms with E-state index < -0.39 is 5.60 Å². The topological polar surface area (TPSA) is 63.3 Å². The fourth-order valence-corrected chi connectivity index (χ4v) is 1.63. The minimum absolute atomic E-state index is 0.00685. The van der Waals surface area contributed by atoms with Crippen molar-refractivity contribution in [3.8, 4) is 0 Å². The van der Waals surface area contributed by atoms with Crippen molar-refractivity contribution in [2.24, 2.45) is 5.73 Å². The zero-order valence-corrected chi connectivity index (χ0v) is 7.86. The lowest BCUT2D eigenvalue weighted by atomic mass is 9.98. The summed E-state index contributed by atoms with van der Waals surface area (Å²) in [6, 6.07) is 7.15. The van der Waals surface area contributed by atoms with Crippen LogP contribution in [0, 0.1) is 0 Å². The fraction of sp³-hybridized carbons (Fsp3) is 0.364. The van der Waals surface area contributed by atoms with E-state index in [1.54, 1.807) is 18.2 Å². The van der Waals surface area contributed by atoms with Crippen molar-refractivity contribution in [2.75, 3.05) is 6.54 Å². The van der Waals surface area contributed by atoms with Crippen LogP contribution in [-0.2, 0) is 5.60 Å². The van der Waals surface area contributed by atoms with Gasteiger partial charge in [-0.15, -0.1) is 0 Å². The Labute approximate surface area is 82.5 Å². The molecule has 3 nitrogen and oxygen atoms in total. The predicted octanol–water partition coefficient (Wildman–Crippen LogP) is 0.809. The third kappa shape index (κ3) is 1.45. The van der Waals surface area contributed by atoms with Crippen LogP contribution in [0.15, 0.2) is 24.3 Å². The normalized spacial score (nSPS) is 17.9. The van der Waals surface area contributed by atoms with E-state index in [0.717, 1.165) is 18.4 Å². The summed E-state index contributed by atoms with van der Waals surface area (Å²) in [4.78, 5) is 11.5. The largest absolute Gasteiger partial charge is 0.385 e. The van der Waals surface area contributed by atoms with Gasteiger partial charge in [-0.1, -0.05) is 24.3 Å². The molecule has 3 heteroatoms. The molecule has 1 saturated carbocycles. The van der Waals surface area contributed by atoms with Gasteiger partial charge >= 0.3 is 0 Å². The second-order valence-electron chi connectivity index (χ2n) is 3.70. The lowest BCUT2D eigenvalue weighted by Gasteiger charge is -2.12. The molecule has 0 bridgehead atoms. The highest BCUT2D eigenvalue weighted by molar-refractivity contribution is 5.99. The molecule has 0 aromatic heterocycles. The quantitative estimate of drug-likeness (QED) is 0.695. The van der Waals surface area contributed by atoms with Gasteiger partial charge < -0.3 is 10.8 Å². The van der Waals surface area contributed by atoms with Crippen molar-refractivity contribution in [3.63, 3.8) is 0 Å². The SMILES string of the molecule is NCC(=O)c1ccccc1C1(O)CC1. The number of nitrogens with two attached hydrogens (primary N) is 1. The van der Waals surface area contributed by atoms with Crippen molar-refractivity contribution in [3.05, 3.63) is 35.4 Å². The van der Waals surface area contributed by atoms with E-state index >= 15 is 0 Å². The average molecular weight is 191 g/mol. The van der Waals surface area contributed by atoms with Crippen molar-refractivity contribution in [1.82, 2.24) is 0 Å². The molecule has 0 heterocycles. The van der Waals surface area contributed by atoms with Gasteiger partial charge in [0.05, 0.1) is 12.1 Å². The maximum absolute atomic E-state index is 11.5. The van der Waals surface area contributed by atoms with Crippen molar-refractivity contribution >= 4 is 5.78 Å². The van der Waals surface area contributed by atoms with Crippen LogP contribution in [0.4, 0.5) is 0 Å². The average Bonchev–Trinajstić information content (AvgIpc) is 2.97. The van der Waals surface area contributed by atoms with Crippen LogP contribution in [0.1, 0.15) is 28.8 Å². The summed E-state index contributed by atoms with van der Waals surface area (Å²) in [5.74, 6) is -0.110. The molecule has 1 aliphatic rings. The molecule has 1 aromatic carbocycles. The Bertz CT molecular complexity index is 369. The summed E-state index contributed by atoms with van der Waals surface area (Å²) in [7, 11) is 0. The molecular weight excluding hydrogens is 178 g/mol. The molecule has 0 radical (unpaired) electrons. The summed E-state index contributed by atoms with van der Waals surface area (Å²) < 4.78 is 0. The van der Waals surface area contributed by atoms with Gasteiger partial charge in [-0.25, -0.2) is 0 Å². The van der Waals surface area contributed by atoms with Crippen molar-refractivity contribution in [2.45, 2.75) is 18.4 Å². The molecule has 1 aliphatic carbocycles. The Morgan fingerprint density at radius 3 is 2.64 bits per heavy atom. The summed E-state index contributed by atoms with van der Waals surface area (Å²) in [6.45, 7) is -0.00685. The van der Waals surface area contributed by atoms with E-state index in [1.165, 1.54) is 0 Å². The number of rotatable bonds is 3. The first-order chi connectivity index (χ1) is 6.67. The molecule has 74 valence electrons. The number of Topliss-reactive ketones (excluding diaryl/α,β-unsaturated/α-hetero) is 1. The molecule has 0 saturated heterocycles. The van der Waals surface area contributed by atoms with Gasteiger partial charge in [0.2, 0.25) is 0 Å². The number of carbonyl (C=O) groups is 1. The van der Waals surface area contributed by atoms with Gasteiger partial charge in [0.25, 0.3) is 0 Å². The molecule has 1 aromatic rings. The monoisotopic (exact) mass is 191 g/mol. The first-order valence-electron chi connectivity index (χ1n) is 4.72. The van der Waals surface area contributed by atoms with Crippen LogP contribution in [-0.4, -0.2) is 17.4 Å². The molecule has 0 atom stereocenters. The molecule has 0 amide bonds. The van der Waals surface area contributed by atoms with E-state index in [0.29, 0.717) is 5.56 Å². The molecule has 2 rings (SSSR count). The molecule has 0 unspecified atom stereocenters. The van der Waals surface area contributed by atoms with E-state index in [4.69, 9.17) is 5.73 Å². The van der Waals surface area contributed by atoms with Crippen LogP contribution >= 0.6 is 0 Å². The maximum Gasteiger partial charge on any atom is 0.176 e. The number of benzene rings is 1. The highest BCUT2D eigenvalue weighted by Gasteiger charge is 2.43. The van der Waals surface area contributed by atoms with Crippen LogP contribution in [0.2, 0.25) is 0 Å². The van der Waals surface area contributed by atoms with Crippen LogP contribution in [0.25, 0.3) is 0 Å². The van der Waals surface area contributed by atoms with Gasteiger partial charge in [0.15, 0.2) is 5.78 Å². The smallest absolute Gasteiger partial charge is 0.176 e. The summed E-state index contributed by atoms with van der Waals surface area (Å²) >= 11 is 0. The van der Waals surface area contributed by atoms with Crippen LogP contribution in [0.3, 0.4) is 0 Å². The van der Waals surface area contributed by atoms with Gasteiger partial charge in [0.1, 0.15) is 0 Å². The van der Waals surface area contributed by atoms with Crippen LogP contribution in [0.5, 0.6) is 0 Å². The Morgan fingerprint density at radius 2 is 2.07 bits per heavy atom. The zero-order valence-electron chi connectivity index (χ0n) is 7.86. The molecule has 0 aliphatic heterocycles. The van der Waals surface area contributed by atoms with E-state index in [-0.39, 0.29) is 12.3 Å². The molecular formula is C11H13NO2. The summed E-state index contributed by atoms with van der Waals surface area (Å²) in [6.07, 6.45) is 1.48. The standard InChI is InChI=1S/C11H13NO2/c12-7-10(13)8-3-1-2-4-9(8)11(14)5-6-11/h1-4,14H,5-7,12H2. The third-order valence-corrected chi connectivity index (χ3v) is 2.64. The summed E-state index contributed by atoms with van der Waals surface area (Å²) in [5, 5.41) is 9.93. The molecule has 3 N–H and O–H groups in total. The Hall–Kier alpha value is -1.19. The van der Waals surface area contributed by atoms with Gasteiger partial charge in [-0.2, -0.15) is 0 Å². The number of ketones is 1. The number of hydrogen-bond acceptors (Lipinski definition) is 3. The van der Waals surface area contributed by atoms with Crippen molar-refractivity contribution < 1.29 is 9.90 Å². The predicted molar refractivity (Wildman–Crippen MR) is 53.0 cm³/mol. The first-order valence-corrected chi connectivity index (χ1v) is 4.72. The zero-order chi connectivity index (χ0) is 10.2. The van der Waals surface area contributed by atoms with Gasteiger partial charge in [-0.3, -0.25) is 4.79 Å². The second kappa shape index (κ2) is 3.19. The van der Waals surface area contributed by atoms with E-state index in [9.17, 15) is 9.90 Å². The fourth-order valence-electron chi connectivity index (χ4n) is 1.63. The van der Waals surface area contributed by atoms with Gasteiger partial charge in [0, 0.05) is 5.56 Å². The third-order valence-electron chi connectivity index (χ3n) is 2.64. The minimum Gasteiger partial charge on any atom is -0.385 e.